The molecule has 0 fully saturated rings. The fourth-order valence-electron chi connectivity index (χ4n) is 1.96. The smallest absolute Gasteiger partial charge is 0.145 e. The van der Waals surface area contributed by atoms with E-state index in [1.807, 2.05) is 0 Å². The van der Waals surface area contributed by atoms with Crippen molar-refractivity contribution < 1.29 is 9.53 Å². The van der Waals surface area contributed by atoms with Crippen molar-refractivity contribution in [1.82, 2.24) is 0 Å². The Morgan fingerprint density at radius 2 is 1.62 bits per heavy atom. The van der Waals surface area contributed by atoms with E-state index in [1.165, 1.54) is 38.5 Å². The maximum absolute atomic E-state index is 10.2. The molecule has 0 rings (SSSR count). The number of hydrogen-bond acceptors (Lipinski definition) is 2. The highest BCUT2D eigenvalue weighted by Gasteiger charge is 2.06. The van der Waals surface area contributed by atoms with Crippen LogP contribution in [0.5, 0.6) is 0 Å². The molecule has 2 nitrogen and oxygen atoms in total. The van der Waals surface area contributed by atoms with Crippen molar-refractivity contribution in [3.8, 4) is 0 Å². The molecule has 0 aromatic rings. The molecule has 0 radical (unpaired) electrons. The van der Waals surface area contributed by atoms with Crippen molar-refractivity contribution in [3.05, 3.63) is 0 Å². The van der Waals surface area contributed by atoms with E-state index in [0.29, 0.717) is 6.10 Å². The maximum atomic E-state index is 10.2. The summed E-state index contributed by atoms with van der Waals surface area (Å²) in [6, 6.07) is 0. The summed E-state index contributed by atoms with van der Waals surface area (Å²) in [6.07, 6.45) is 12.4. The molecule has 0 bridgehead atoms. The predicted molar refractivity (Wildman–Crippen MR) is 68.7 cm³/mol. The third-order valence-corrected chi connectivity index (χ3v) is 2.89. The first-order chi connectivity index (χ1) is 7.85. The molecule has 0 aromatic carbocycles. The van der Waals surface area contributed by atoms with E-state index in [0.717, 1.165) is 25.5 Å². The van der Waals surface area contributed by atoms with Crippen molar-refractivity contribution in [2.24, 2.45) is 0 Å². The van der Waals surface area contributed by atoms with Gasteiger partial charge in [0.25, 0.3) is 0 Å². The monoisotopic (exact) mass is 228 g/mol. The van der Waals surface area contributed by atoms with Gasteiger partial charge in [-0.3, -0.25) is 0 Å². The lowest BCUT2D eigenvalue weighted by molar-refractivity contribution is -0.114. The number of hydrogen-bond donors (Lipinski definition) is 0. The number of aldehydes is 1. The Morgan fingerprint density at radius 1 is 0.938 bits per heavy atom. The molecule has 0 heterocycles. The Bertz CT molecular complexity index is 146. The van der Waals surface area contributed by atoms with E-state index < -0.39 is 0 Å². The van der Waals surface area contributed by atoms with Crippen molar-refractivity contribution in [2.75, 3.05) is 6.61 Å². The molecule has 1 unspecified atom stereocenters. The normalized spacial score (nSPS) is 12.6. The van der Waals surface area contributed by atoms with Crippen LogP contribution in [0.1, 0.15) is 71.6 Å². The highest BCUT2D eigenvalue weighted by atomic mass is 16.5. The summed E-state index contributed by atoms with van der Waals surface area (Å²) in [5, 5.41) is 0. The largest absolute Gasteiger partial charge is 0.371 e. The first-order valence-corrected chi connectivity index (χ1v) is 6.90. The number of carbonyl (C=O) groups is 1. The summed E-state index contributed by atoms with van der Waals surface area (Å²) in [6.45, 7) is 4.67. The standard InChI is InChI=1S/C14H28O2/c1-3-5-6-7-8-9-11-14(10-4-2)16-13-12-15/h12,14H,3-11,13H2,1-2H3. The van der Waals surface area contributed by atoms with Gasteiger partial charge in [-0.25, -0.2) is 0 Å². The van der Waals surface area contributed by atoms with E-state index in [4.69, 9.17) is 4.74 Å². The van der Waals surface area contributed by atoms with E-state index in [2.05, 4.69) is 13.8 Å². The summed E-state index contributed by atoms with van der Waals surface area (Å²) in [4.78, 5) is 10.2. The highest BCUT2D eigenvalue weighted by Crippen LogP contribution is 2.13. The van der Waals surface area contributed by atoms with E-state index >= 15 is 0 Å². The van der Waals surface area contributed by atoms with Gasteiger partial charge >= 0.3 is 0 Å². The van der Waals surface area contributed by atoms with Gasteiger partial charge < -0.3 is 9.53 Å². The van der Waals surface area contributed by atoms with Crippen LogP contribution in [0.25, 0.3) is 0 Å². The van der Waals surface area contributed by atoms with Gasteiger partial charge in [0, 0.05) is 0 Å². The fraction of sp³-hybridized carbons (Fsp3) is 0.929. The number of unbranched alkanes of at least 4 members (excludes halogenated alkanes) is 5. The molecule has 2 heteroatoms. The molecule has 1 atom stereocenters. The van der Waals surface area contributed by atoms with Gasteiger partial charge in [0.1, 0.15) is 12.9 Å². The van der Waals surface area contributed by atoms with Crippen LogP contribution in [0.3, 0.4) is 0 Å². The molecule has 0 amide bonds. The topological polar surface area (TPSA) is 26.3 Å². The highest BCUT2D eigenvalue weighted by molar-refractivity contribution is 5.50. The first-order valence-electron chi connectivity index (χ1n) is 6.90. The van der Waals surface area contributed by atoms with E-state index in [1.54, 1.807) is 0 Å². The van der Waals surface area contributed by atoms with Crippen LogP contribution < -0.4 is 0 Å². The molecular formula is C14H28O2. The molecule has 16 heavy (non-hydrogen) atoms. The predicted octanol–water partition coefficient (Wildman–Crippen LogP) is 4.12. The molecule has 0 spiro atoms. The molecule has 0 aliphatic heterocycles. The van der Waals surface area contributed by atoms with Crippen molar-refractivity contribution in [3.63, 3.8) is 0 Å². The fourth-order valence-corrected chi connectivity index (χ4v) is 1.96. The zero-order valence-corrected chi connectivity index (χ0v) is 11.0. The zero-order chi connectivity index (χ0) is 12.1. The first kappa shape index (κ1) is 15.6. The van der Waals surface area contributed by atoms with Gasteiger partial charge in [-0.15, -0.1) is 0 Å². The van der Waals surface area contributed by atoms with Crippen LogP contribution >= 0.6 is 0 Å². The second-order valence-electron chi connectivity index (χ2n) is 4.47. The van der Waals surface area contributed by atoms with Crippen molar-refractivity contribution in [1.29, 1.82) is 0 Å². The Balaban J connectivity index is 3.39. The van der Waals surface area contributed by atoms with Gasteiger partial charge in [0.15, 0.2) is 0 Å². The third kappa shape index (κ3) is 10.2. The average molecular weight is 228 g/mol. The zero-order valence-electron chi connectivity index (χ0n) is 11.0. The molecule has 0 aliphatic rings. The summed E-state index contributed by atoms with van der Waals surface area (Å²) in [5.74, 6) is 0. The summed E-state index contributed by atoms with van der Waals surface area (Å²) >= 11 is 0. The Kier molecular flexibility index (Phi) is 12.4. The van der Waals surface area contributed by atoms with Gasteiger partial charge in [-0.05, 0) is 12.8 Å². The summed E-state index contributed by atoms with van der Waals surface area (Å²) in [7, 11) is 0. The molecule has 0 saturated heterocycles. The maximum Gasteiger partial charge on any atom is 0.145 e. The minimum absolute atomic E-state index is 0.264. The van der Waals surface area contributed by atoms with E-state index in [9.17, 15) is 4.79 Å². The van der Waals surface area contributed by atoms with Gasteiger partial charge in [0.2, 0.25) is 0 Å². The molecular weight excluding hydrogens is 200 g/mol. The number of ether oxygens (including phenoxy) is 1. The molecule has 0 saturated carbocycles. The van der Waals surface area contributed by atoms with Crippen LogP contribution in [0.4, 0.5) is 0 Å². The van der Waals surface area contributed by atoms with Gasteiger partial charge in [0.05, 0.1) is 6.10 Å². The van der Waals surface area contributed by atoms with Crippen LogP contribution in [0.15, 0.2) is 0 Å². The average Bonchev–Trinajstić information content (AvgIpc) is 2.30. The Morgan fingerprint density at radius 3 is 2.25 bits per heavy atom. The molecule has 96 valence electrons. The second kappa shape index (κ2) is 12.7. The lowest BCUT2D eigenvalue weighted by Crippen LogP contribution is -2.14. The minimum atomic E-state index is 0.264. The number of rotatable bonds is 12. The quantitative estimate of drug-likeness (QED) is 0.371. The van der Waals surface area contributed by atoms with Crippen LogP contribution in [-0.2, 0) is 9.53 Å². The van der Waals surface area contributed by atoms with Gasteiger partial charge in [-0.2, -0.15) is 0 Å². The van der Waals surface area contributed by atoms with Gasteiger partial charge in [-0.1, -0.05) is 58.8 Å². The summed E-state index contributed by atoms with van der Waals surface area (Å²) < 4.78 is 5.49. The molecule has 0 N–H and O–H groups in total. The minimum Gasteiger partial charge on any atom is -0.371 e. The Labute approximate surface area is 101 Å². The van der Waals surface area contributed by atoms with Crippen LogP contribution in [0.2, 0.25) is 0 Å². The molecule has 0 aliphatic carbocycles. The van der Waals surface area contributed by atoms with Crippen molar-refractivity contribution in [2.45, 2.75) is 77.7 Å². The summed E-state index contributed by atoms with van der Waals surface area (Å²) in [5.41, 5.74) is 0. The van der Waals surface area contributed by atoms with Crippen molar-refractivity contribution >= 4 is 6.29 Å². The number of carbonyl (C=O) groups excluding carboxylic acids is 1. The van der Waals surface area contributed by atoms with E-state index in [-0.39, 0.29) is 6.61 Å². The lowest BCUT2D eigenvalue weighted by Gasteiger charge is -2.15. The van der Waals surface area contributed by atoms with Crippen LogP contribution in [-0.4, -0.2) is 19.0 Å². The second-order valence-corrected chi connectivity index (χ2v) is 4.47. The molecule has 0 aromatic heterocycles. The SMILES string of the molecule is CCCCCCCCC(CCC)OCC=O. The lowest BCUT2D eigenvalue weighted by atomic mass is 10.0. The third-order valence-electron chi connectivity index (χ3n) is 2.89. The van der Waals surface area contributed by atoms with Crippen LogP contribution in [0, 0.1) is 0 Å². The Hall–Kier alpha value is -0.370.